The van der Waals surface area contributed by atoms with Crippen molar-refractivity contribution in [2.45, 2.75) is 56.8 Å². The Morgan fingerprint density at radius 3 is 2.00 bits per heavy atom. The number of nitrogens with zero attached hydrogens (tertiary/aromatic N) is 2. The summed E-state index contributed by atoms with van der Waals surface area (Å²) in [7, 11) is 0. The largest absolute Gasteiger partial charge is 0.310 e. The van der Waals surface area contributed by atoms with Crippen LogP contribution in [0.4, 0.5) is 17.1 Å². The van der Waals surface area contributed by atoms with Crippen LogP contribution in [0.5, 0.6) is 0 Å². The van der Waals surface area contributed by atoms with Gasteiger partial charge in [0.05, 0.1) is 17.3 Å². The van der Waals surface area contributed by atoms with E-state index in [0.717, 1.165) is 28.9 Å². The molecule has 2 spiro atoms. The fraction of sp³-hybridized carbons (Fsp3) is 0.275. The highest BCUT2D eigenvalue weighted by Gasteiger charge is 2.77. The van der Waals surface area contributed by atoms with Gasteiger partial charge in [-0.05, 0) is 159 Å². The standard InChI is InChI=1S/C51H42N2/c1-49(2)43-11-5-3-8-39(43)41-23-22-38(27-45(41)49)53(37-20-18-34(19-21-37)33-16-14-31(30-52)15-17-33)46-13-7-10-42-40-9-4-6-12-44(40)51(48(42)46)36-25-32-24-35-26-47(51)50(35,28-32)29-36/h3-23,27,32,35-36,47H,24-26,28-29H2,1-2H3. The minimum absolute atomic E-state index is 0.0566. The second-order valence-electron chi connectivity index (χ2n) is 17.7. The number of nitriles is 1. The van der Waals surface area contributed by atoms with E-state index in [1.165, 1.54) is 82.5 Å². The molecule has 4 saturated carbocycles. The molecule has 256 valence electrons. The Balaban J connectivity index is 1.09. The molecule has 2 nitrogen and oxygen atoms in total. The molecule has 0 aromatic heterocycles. The molecule has 6 aliphatic carbocycles. The first kappa shape index (κ1) is 30.1. The Morgan fingerprint density at radius 2 is 1.23 bits per heavy atom. The number of anilines is 3. The van der Waals surface area contributed by atoms with Gasteiger partial charge >= 0.3 is 0 Å². The Morgan fingerprint density at radius 1 is 0.585 bits per heavy atom. The monoisotopic (exact) mass is 682 g/mol. The van der Waals surface area contributed by atoms with Gasteiger partial charge < -0.3 is 4.90 Å². The summed E-state index contributed by atoms with van der Waals surface area (Å²) >= 11 is 0. The fourth-order valence-corrected chi connectivity index (χ4v) is 13.5. The van der Waals surface area contributed by atoms with E-state index in [1.54, 1.807) is 11.1 Å². The van der Waals surface area contributed by atoms with E-state index >= 15 is 0 Å². The summed E-state index contributed by atoms with van der Waals surface area (Å²) in [5.41, 5.74) is 18.9. The second kappa shape index (κ2) is 10.2. The molecule has 0 aliphatic heterocycles. The van der Waals surface area contributed by atoms with Gasteiger partial charge in [-0.1, -0.05) is 105 Å². The minimum Gasteiger partial charge on any atom is -0.310 e. The van der Waals surface area contributed by atoms with Gasteiger partial charge in [0.2, 0.25) is 0 Å². The van der Waals surface area contributed by atoms with Crippen molar-refractivity contribution in [3.05, 3.63) is 161 Å². The lowest BCUT2D eigenvalue weighted by atomic mass is 9.49. The summed E-state index contributed by atoms with van der Waals surface area (Å²) in [6, 6.07) is 52.4. The first-order valence-corrected chi connectivity index (χ1v) is 19.8. The molecule has 3 bridgehead atoms. The first-order valence-electron chi connectivity index (χ1n) is 19.8. The molecule has 0 radical (unpaired) electrons. The molecule has 6 aromatic carbocycles. The number of hydrogen-bond acceptors (Lipinski definition) is 2. The van der Waals surface area contributed by atoms with Gasteiger partial charge in [-0.2, -0.15) is 5.26 Å². The molecule has 6 aliphatic rings. The van der Waals surface area contributed by atoms with Gasteiger partial charge in [-0.15, -0.1) is 0 Å². The van der Waals surface area contributed by atoms with E-state index in [1.807, 2.05) is 12.1 Å². The van der Waals surface area contributed by atoms with Crippen LogP contribution in [0.25, 0.3) is 33.4 Å². The zero-order valence-electron chi connectivity index (χ0n) is 30.4. The normalized spacial score (nSPS) is 28.1. The number of benzene rings is 6. The summed E-state index contributed by atoms with van der Waals surface area (Å²) in [6.45, 7) is 4.79. The maximum Gasteiger partial charge on any atom is 0.0991 e. The molecule has 0 amide bonds. The molecule has 6 aromatic rings. The Labute approximate surface area is 312 Å². The summed E-state index contributed by atoms with van der Waals surface area (Å²) in [5, 5.41) is 9.40. The van der Waals surface area contributed by atoms with Crippen molar-refractivity contribution in [2.24, 2.45) is 29.1 Å². The molecular weight excluding hydrogens is 641 g/mol. The van der Waals surface area contributed by atoms with Crippen molar-refractivity contribution in [3.8, 4) is 39.4 Å². The fourth-order valence-electron chi connectivity index (χ4n) is 13.5. The average molecular weight is 683 g/mol. The molecule has 53 heavy (non-hydrogen) atoms. The third-order valence-electron chi connectivity index (χ3n) is 15.4. The van der Waals surface area contributed by atoms with E-state index in [-0.39, 0.29) is 10.8 Å². The molecule has 0 N–H and O–H groups in total. The van der Waals surface area contributed by atoms with Crippen molar-refractivity contribution in [1.29, 1.82) is 5.26 Å². The Kier molecular flexibility index (Phi) is 5.78. The van der Waals surface area contributed by atoms with Crippen LogP contribution in [0, 0.1) is 40.4 Å². The van der Waals surface area contributed by atoms with Gasteiger partial charge in [0, 0.05) is 22.2 Å². The number of rotatable bonds is 4. The topological polar surface area (TPSA) is 27.0 Å². The van der Waals surface area contributed by atoms with Gasteiger partial charge in [0.1, 0.15) is 0 Å². The van der Waals surface area contributed by atoms with E-state index in [9.17, 15) is 5.26 Å². The molecule has 6 atom stereocenters. The van der Waals surface area contributed by atoms with Gasteiger partial charge in [-0.3, -0.25) is 0 Å². The minimum atomic E-state index is -0.0923. The molecule has 4 fully saturated rings. The maximum atomic E-state index is 9.40. The second-order valence-corrected chi connectivity index (χ2v) is 17.7. The van der Waals surface area contributed by atoms with Crippen LogP contribution in [0.2, 0.25) is 0 Å². The molecular formula is C51H42N2. The summed E-state index contributed by atoms with van der Waals surface area (Å²) in [4.78, 5) is 2.61. The predicted octanol–water partition coefficient (Wildman–Crippen LogP) is 12.7. The van der Waals surface area contributed by atoms with Crippen molar-refractivity contribution in [3.63, 3.8) is 0 Å². The molecule has 12 rings (SSSR count). The highest BCUT2D eigenvalue weighted by Crippen LogP contribution is 2.84. The van der Waals surface area contributed by atoms with Crippen LogP contribution in [0.3, 0.4) is 0 Å². The zero-order valence-corrected chi connectivity index (χ0v) is 30.4. The smallest absolute Gasteiger partial charge is 0.0991 e. The highest BCUT2D eigenvalue weighted by molar-refractivity contribution is 5.93. The van der Waals surface area contributed by atoms with Crippen LogP contribution in [0.1, 0.15) is 73.8 Å². The summed E-state index contributed by atoms with van der Waals surface area (Å²) in [5.74, 6) is 3.24. The molecule has 0 heterocycles. The van der Waals surface area contributed by atoms with E-state index < -0.39 is 0 Å². The van der Waals surface area contributed by atoms with Crippen molar-refractivity contribution >= 4 is 17.1 Å². The first-order chi connectivity index (χ1) is 25.9. The van der Waals surface area contributed by atoms with Crippen molar-refractivity contribution < 1.29 is 0 Å². The van der Waals surface area contributed by atoms with Crippen LogP contribution in [-0.4, -0.2) is 0 Å². The molecule has 6 unspecified atom stereocenters. The van der Waals surface area contributed by atoms with E-state index in [2.05, 4.69) is 146 Å². The van der Waals surface area contributed by atoms with E-state index in [4.69, 9.17) is 0 Å². The van der Waals surface area contributed by atoms with Crippen LogP contribution >= 0.6 is 0 Å². The van der Waals surface area contributed by atoms with E-state index in [0.29, 0.717) is 16.9 Å². The van der Waals surface area contributed by atoms with Crippen LogP contribution < -0.4 is 4.90 Å². The SMILES string of the molecule is CC1(C)c2ccccc2-c2ccc(N(c3ccc(-c4ccc(C#N)cc4)cc3)c3cccc4c3C3(c5ccccc5-4)C4CC5CC6CC3C6(C5)C4)cc21. The number of fused-ring (bicyclic) bond motifs is 12. The van der Waals surface area contributed by atoms with Gasteiger partial charge in [0.25, 0.3) is 0 Å². The predicted molar refractivity (Wildman–Crippen MR) is 215 cm³/mol. The Hall–Kier alpha value is -5.39. The van der Waals surface area contributed by atoms with Crippen LogP contribution in [0.15, 0.2) is 133 Å². The summed E-state index contributed by atoms with van der Waals surface area (Å²) in [6.07, 6.45) is 7.11. The highest BCUT2D eigenvalue weighted by atomic mass is 15.1. The van der Waals surface area contributed by atoms with Gasteiger partial charge in [0.15, 0.2) is 0 Å². The molecule has 2 heteroatoms. The third kappa shape index (κ3) is 3.64. The third-order valence-corrected chi connectivity index (χ3v) is 15.4. The van der Waals surface area contributed by atoms with Crippen molar-refractivity contribution in [1.82, 2.24) is 0 Å². The van der Waals surface area contributed by atoms with Crippen LogP contribution in [-0.2, 0) is 10.8 Å². The lowest BCUT2D eigenvalue weighted by Gasteiger charge is -2.55. The summed E-state index contributed by atoms with van der Waals surface area (Å²) < 4.78 is 0. The maximum absolute atomic E-state index is 9.40. The lowest BCUT2D eigenvalue weighted by Crippen LogP contribution is -2.50. The average Bonchev–Trinajstić information content (AvgIpc) is 3.75. The lowest BCUT2D eigenvalue weighted by molar-refractivity contribution is -0.0193. The van der Waals surface area contributed by atoms with Crippen molar-refractivity contribution in [2.75, 3.05) is 4.90 Å². The quantitative estimate of drug-likeness (QED) is 0.185. The Bertz CT molecular complexity index is 2570. The van der Waals surface area contributed by atoms with Gasteiger partial charge in [-0.25, -0.2) is 0 Å². The number of hydrogen-bond donors (Lipinski definition) is 0. The zero-order chi connectivity index (χ0) is 35.3. The molecule has 0 saturated heterocycles.